The third-order valence-electron chi connectivity index (χ3n) is 2.70. The van der Waals surface area contributed by atoms with Gasteiger partial charge >= 0.3 is 0 Å². The van der Waals surface area contributed by atoms with Crippen molar-refractivity contribution >= 4 is 9.76 Å². The first-order valence-electron chi connectivity index (χ1n) is 6.03. The van der Waals surface area contributed by atoms with E-state index in [0.717, 1.165) is 0 Å². The molecule has 90 valence electrons. The summed E-state index contributed by atoms with van der Waals surface area (Å²) in [4.78, 5) is 0. The van der Waals surface area contributed by atoms with Crippen molar-refractivity contribution in [1.82, 2.24) is 0 Å². The van der Waals surface area contributed by atoms with Crippen molar-refractivity contribution in [3.63, 3.8) is 0 Å². The summed E-state index contributed by atoms with van der Waals surface area (Å²) in [5, 5.41) is 0. The molecule has 0 N–H and O–H groups in total. The van der Waals surface area contributed by atoms with Crippen molar-refractivity contribution in [2.24, 2.45) is 0 Å². The molecule has 0 unspecified atom stereocenters. The zero-order chi connectivity index (χ0) is 12.6. The fourth-order valence-electron chi connectivity index (χ4n) is 1.84. The summed E-state index contributed by atoms with van der Waals surface area (Å²) in [7, 11) is -0.785. The molecular weight excluding hydrogens is 236 g/mol. The lowest BCUT2D eigenvalue weighted by Gasteiger charge is -2.17. The van der Waals surface area contributed by atoms with E-state index in [1.807, 2.05) is 43.3 Å². The van der Waals surface area contributed by atoms with Gasteiger partial charge in [-0.1, -0.05) is 60.7 Å². The van der Waals surface area contributed by atoms with Crippen LogP contribution in [-0.4, -0.2) is 9.76 Å². The number of rotatable bonds is 4. The Kier molecular flexibility index (Phi) is 4.77. The maximum atomic E-state index is 6.02. The summed E-state index contributed by atoms with van der Waals surface area (Å²) >= 11 is 0. The number of hydrogen-bond donors (Lipinski definition) is 0. The summed E-state index contributed by atoms with van der Waals surface area (Å²) in [5.41, 5.74) is 5.46. The normalized spacial score (nSPS) is 10.6. The molecule has 2 aromatic carbocycles. The largest absolute Gasteiger partial charge is 0.400 e. The zero-order valence-corrected chi connectivity index (χ0v) is 11.9. The van der Waals surface area contributed by atoms with Gasteiger partial charge in [0.1, 0.15) is 0 Å². The molecule has 0 bridgehead atoms. The standard InChI is InChI=1S/C16H16OSi/c1-2-13-18-17-16(14-9-5-3-6-10-14)15-11-7-4-8-12-15/h3-12,16H,18H2,1H3. The van der Waals surface area contributed by atoms with E-state index in [-0.39, 0.29) is 6.10 Å². The molecule has 0 aromatic heterocycles. The topological polar surface area (TPSA) is 9.23 Å². The van der Waals surface area contributed by atoms with Crippen LogP contribution in [0.5, 0.6) is 0 Å². The predicted octanol–water partition coefficient (Wildman–Crippen LogP) is 2.86. The average Bonchev–Trinajstić information content (AvgIpc) is 2.46. The van der Waals surface area contributed by atoms with Gasteiger partial charge in [-0.25, -0.2) is 0 Å². The van der Waals surface area contributed by atoms with Gasteiger partial charge in [0, 0.05) is 0 Å². The molecule has 0 saturated carbocycles. The molecule has 0 fully saturated rings. The fraction of sp³-hybridized carbons (Fsp3) is 0.125. The molecule has 0 radical (unpaired) electrons. The zero-order valence-electron chi connectivity index (χ0n) is 10.5. The molecule has 2 aromatic rings. The molecule has 0 aliphatic carbocycles. The van der Waals surface area contributed by atoms with Crippen LogP contribution in [0.3, 0.4) is 0 Å². The highest BCUT2D eigenvalue weighted by atomic mass is 28.2. The SMILES string of the molecule is CC#C[SiH2]OC(c1ccccc1)c1ccccc1. The quantitative estimate of drug-likeness (QED) is 0.600. The molecule has 18 heavy (non-hydrogen) atoms. The predicted molar refractivity (Wildman–Crippen MR) is 77.8 cm³/mol. The van der Waals surface area contributed by atoms with Crippen molar-refractivity contribution in [3.05, 3.63) is 71.8 Å². The number of benzene rings is 2. The minimum atomic E-state index is -0.785. The molecule has 0 spiro atoms. The highest BCUT2D eigenvalue weighted by molar-refractivity contribution is 6.38. The molecular formula is C16H16OSi. The lowest BCUT2D eigenvalue weighted by Crippen LogP contribution is -2.08. The van der Waals surface area contributed by atoms with E-state index in [9.17, 15) is 0 Å². The Morgan fingerprint density at radius 3 is 1.83 bits per heavy atom. The van der Waals surface area contributed by atoms with Gasteiger partial charge < -0.3 is 4.43 Å². The Morgan fingerprint density at radius 2 is 1.39 bits per heavy atom. The van der Waals surface area contributed by atoms with Crippen LogP contribution in [0, 0.1) is 11.5 Å². The van der Waals surface area contributed by atoms with E-state index in [4.69, 9.17) is 4.43 Å². The third-order valence-corrected chi connectivity index (χ3v) is 3.70. The van der Waals surface area contributed by atoms with E-state index in [1.54, 1.807) is 0 Å². The van der Waals surface area contributed by atoms with Gasteiger partial charge in [0.15, 0.2) is 0 Å². The van der Waals surface area contributed by atoms with Gasteiger partial charge in [0.25, 0.3) is 0 Å². The Balaban J connectivity index is 2.25. The van der Waals surface area contributed by atoms with Crippen LogP contribution < -0.4 is 0 Å². The van der Waals surface area contributed by atoms with Crippen LogP contribution >= 0.6 is 0 Å². The first-order chi connectivity index (χ1) is 8.92. The average molecular weight is 252 g/mol. The van der Waals surface area contributed by atoms with E-state index < -0.39 is 9.76 Å². The Labute approximate surface area is 111 Å². The van der Waals surface area contributed by atoms with Gasteiger partial charge in [0.2, 0.25) is 9.76 Å². The molecule has 2 heteroatoms. The maximum Gasteiger partial charge on any atom is 0.242 e. The van der Waals surface area contributed by atoms with Crippen LogP contribution in [0.4, 0.5) is 0 Å². The smallest absolute Gasteiger partial charge is 0.242 e. The monoisotopic (exact) mass is 252 g/mol. The molecule has 0 heterocycles. The first-order valence-corrected chi connectivity index (χ1v) is 7.31. The summed E-state index contributed by atoms with van der Waals surface area (Å²) in [5.74, 6) is 2.91. The highest BCUT2D eigenvalue weighted by Crippen LogP contribution is 2.24. The van der Waals surface area contributed by atoms with Crippen LogP contribution in [-0.2, 0) is 4.43 Å². The molecule has 0 saturated heterocycles. The van der Waals surface area contributed by atoms with Crippen molar-refractivity contribution in [1.29, 1.82) is 0 Å². The Bertz CT molecular complexity index is 486. The second-order valence-electron chi connectivity index (χ2n) is 3.94. The number of hydrogen-bond acceptors (Lipinski definition) is 1. The second-order valence-corrected chi connectivity index (χ2v) is 4.91. The van der Waals surface area contributed by atoms with Crippen molar-refractivity contribution in [2.75, 3.05) is 0 Å². The molecule has 0 aliphatic rings. The molecule has 0 aliphatic heterocycles. The van der Waals surface area contributed by atoms with Gasteiger partial charge in [-0.3, -0.25) is 0 Å². The summed E-state index contributed by atoms with van der Waals surface area (Å²) in [6.07, 6.45) is 0.0138. The van der Waals surface area contributed by atoms with Crippen molar-refractivity contribution in [3.8, 4) is 11.5 Å². The van der Waals surface area contributed by atoms with Gasteiger partial charge in [-0.2, -0.15) is 0 Å². The fourth-order valence-corrected chi connectivity index (χ4v) is 2.62. The third kappa shape index (κ3) is 3.33. The van der Waals surface area contributed by atoms with E-state index in [2.05, 4.69) is 35.7 Å². The van der Waals surface area contributed by atoms with Crippen LogP contribution in [0.2, 0.25) is 0 Å². The molecule has 0 atom stereocenters. The summed E-state index contributed by atoms with van der Waals surface area (Å²) < 4.78 is 6.02. The minimum Gasteiger partial charge on any atom is -0.400 e. The summed E-state index contributed by atoms with van der Waals surface area (Å²) in [6, 6.07) is 20.6. The molecule has 2 rings (SSSR count). The molecule has 0 amide bonds. The van der Waals surface area contributed by atoms with Gasteiger partial charge in [-0.05, 0) is 18.1 Å². The van der Waals surface area contributed by atoms with Crippen molar-refractivity contribution in [2.45, 2.75) is 13.0 Å². The lowest BCUT2D eigenvalue weighted by atomic mass is 10.0. The minimum absolute atomic E-state index is 0.0138. The highest BCUT2D eigenvalue weighted by Gasteiger charge is 2.12. The Morgan fingerprint density at radius 1 is 0.889 bits per heavy atom. The van der Waals surface area contributed by atoms with E-state index in [0.29, 0.717) is 0 Å². The van der Waals surface area contributed by atoms with Crippen molar-refractivity contribution < 1.29 is 4.43 Å². The second kappa shape index (κ2) is 6.80. The van der Waals surface area contributed by atoms with Crippen LogP contribution in [0.25, 0.3) is 0 Å². The Hall–Kier alpha value is -1.82. The first kappa shape index (κ1) is 12.6. The lowest BCUT2D eigenvalue weighted by molar-refractivity contribution is 0.266. The van der Waals surface area contributed by atoms with Gasteiger partial charge in [0.05, 0.1) is 6.10 Å². The maximum absolute atomic E-state index is 6.02. The van der Waals surface area contributed by atoms with E-state index in [1.165, 1.54) is 11.1 Å². The van der Waals surface area contributed by atoms with Crippen LogP contribution in [0.15, 0.2) is 60.7 Å². The summed E-state index contributed by atoms with van der Waals surface area (Å²) in [6.45, 7) is 1.86. The van der Waals surface area contributed by atoms with Crippen LogP contribution in [0.1, 0.15) is 24.2 Å². The van der Waals surface area contributed by atoms with Gasteiger partial charge in [-0.15, -0.1) is 11.5 Å². The van der Waals surface area contributed by atoms with E-state index >= 15 is 0 Å². The molecule has 1 nitrogen and oxygen atoms in total.